The van der Waals surface area contributed by atoms with Gasteiger partial charge in [0.15, 0.2) is 0 Å². The Balaban J connectivity index is 1.92. The van der Waals surface area contributed by atoms with Crippen molar-refractivity contribution in [2.24, 2.45) is 0 Å². The SMILES string of the molecule is O=C(/C=C/c1cccn1CCOc1ccccc1Cl)NO. The molecule has 5 nitrogen and oxygen atoms in total. The quantitative estimate of drug-likeness (QED) is 0.490. The van der Waals surface area contributed by atoms with Crippen LogP contribution in [0.5, 0.6) is 5.75 Å². The number of nitrogens with one attached hydrogen (secondary N) is 1. The Morgan fingerprint density at radius 2 is 2.14 bits per heavy atom. The van der Waals surface area contributed by atoms with Crippen molar-refractivity contribution in [3.63, 3.8) is 0 Å². The van der Waals surface area contributed by atoms with E-state index >= 15 is 0 Å². The van der Waals surface area contributed by atoms with Crippen LogP contribution < -0.4 is 10.2 Å². The molecule has 0 saturated heterocycles. The van der Waals surface area contributed by atoms with E-state index < -0.39 is 5.91 Å². The first-order chi connectivity index (χ1) is 10.2. The van der Waals surface area contributed by atoms with Crippen LogP contribution in [0.2, 0.25) is 5.02 Å². The molecule has 2 aromatic rings. The van der Waals surface area contributed by atoms with Crippen LogP contribution in [0.4, 0.5) is 0 Å². The molecule has 0 atom stereocenters. The van der Waals surface area contributed by atoms with Crippen LogP contribution in [-0.2, 0) is 11.3 Å². The predicted octanol–water partition coefficient (Wildman–Crippen LogP) is 2.74. The summed E-state index contributed by atoms with van der Waals surface area (Å²) in [6.07, 6.45) is 4.74. The minimum absolute atomic E-state index is 0.450. The van der Waals surface area contributed by atoms with Gasteiger partial charge in [0, 0.05) is 18.0 Å². The lowest BCUT2D eigenvalue weighted by atomic mass is 10.3. The zero-order valence-electron chi connectivity index (χ0n) is 11.2. The Morgan fingerprint density at radius 3 is 2.90 bits per heavy atom. The number of para-hydroxylation sites is 1. The summed E-state index contributed by atoms with van der Waals surface area (Å²) in [7, 11) is 0. The third-order valence-electron chi connectivity index (χ3n) is 2.81. The average Bonchev–Trinajstić information content (AvgIpc) is 2.94. The first kappa shape index (κ1) is 15.2. The van der Waals surface area contributed by atoms with E-state index in [-0.39, 0.29) is 0 Å². The summed E-state index contributed by atoms with van der Waals surface area (Å²) in [5.74, 6) is 0.0677. The molecular weight excluding hydrogens is 292 g/mol. The Kier molecular flexibility index (Phi) is 5.43. The lowest BCUT2D eigenvalue weighted by molar-refractivity contribution is -0.124. The average molecular weight is 307 g/mol. The van der Waals surface area contributed by atoms with Gasteiger partial charge in [-0.3, -0.25) is 10.0 Å². The van der Waals surface area contributed by atoms with Gasteiger partial charge in [0.05, 0.1) is 11.6 Å². The standard InChI is InChI=1S/C15H15ClN2O3/c16-13-5-1-2-6-14(13)21-11-10-18-9-3-4-12(18)7-8-15(19)17-20/h1-9,20H,10-11H2,(H,17,19)/b8-7+. The highest BCUT2D eigenvalue weighted by molar-refractivity contribution is 6.32. The lowest BCUT2D eigenvalue weighted by Crippen LogP contribution is -2.15. The third kappa shape index (κ3) is 4.37. The summed E-state index contributed by atoms with van der Waals surface area (Å²) >= 11 is 6.01. The fourth-order valence-corrected chi connectivity index (χ4v) is 1.99. The highest BCUT2D eigenvalue weighted by atomic mass is 35.5. The maximum Gasteiger partial charge on any atom is 0.267 e. The van der Waals surface area contributed by atoms with Gasteiger partial charge in [0.1, 0.15) is 12.4 Å². The molecule has 0 unspecified atom stereocenters. The maximum atomic E-state index is 11.0. The number of hydroxylamine groups is 1. The number of rotatable bonds is 6. The second-order valence-electron chi connectivity index (χ2n) is 4.21. The number of ether oxygens (including phenoxy) is 1. The molecule has 6 heteroatoms. The van der Waals surface area contributed by atoms with E-state index in [0.717, 1.165) is 5.69 Å². The molecule has 2 N–H and O–H groups in total. The van der Waals surface area contributed by atoms with Gasteiger partial charge in [0.25, 0.3) is 5.91 Å². The number of benzene rings is 1. The molecule has 1 aromatic carbocycles. The second-order valence-corrected chi connectivity index (χ2v) is 4.62. The van der Waals surface area contributed by atoms with Gasteiger partial charge in [-0.15, -0.1) is 0 Å². The van der Waals surface area contributed by atoms with Crippen molar-refractivity contribution < 1.29 is 14.7 Å². The number of carbonyl (C=O) groups is 1. The Morgan fingerprint density at radius 1 is 1.33 bits per heavy atom. The van der Waals surface area contributed by atoms with E-state index in [2.05, 4.69) is 0 Å². The van der Waals surface area contributed by atoms with Crippen LogP contribution in [0.1, 0.15) is 5.69 Å². The third-order valence-corrected chi connectivity index (χ3v) is 3.12. The number of amides is 1. The molecule has 21 heavy (non-hydrogen) atoms. The van der Waals surface area contributed by atoms with Crippen molar-refractivity contribution in [1.82, 2.24) is 10.0 Å². The van der Waals surface area contributed by atoms with Crippen LogP contribution in [0, 0.1) is 0 Å². The first-order valence-electron chi connectivity index (χ1n) is 6.35. The molecule has 0 saturated carbocycles. The lowest BCUT2D eigenvalue weighted by Gasteiger charge is -2.10. The zero-order valence-corrected chi connectivity index (χ0v) is 12.0. The van der Waals surface area contributed by atoms with E-state index in [4.69, 9.17) is 21.5 Å². The minimum atomic E-state index is -0.574. The van der Waals surface area contributed by atoms with Gasteiger partial charge in [-0.05, 0) is 30.3 Å². The summed E-state index contributed by atoms with van der Waals surface area (Å²) in [5, 5.41) is 9.01. The number of nitrogens with zero attached hydrogens (tertiary/aromatic N) is 1. The number of halogens is 1. The molecule has 0 spiro atoms. The summed E-state index contributed by atoms with van der Waals surface area (Å²) in [6, 6.07) is 11.0. The largest absolute Gasteiger partial charge is 0.490 e. The highest BCUT2D eigenvalue weighted by Crippen LogP contribution is 2.23. The minimum Gasteiger partial charge on any atom is -0.490 e. The molecular formula is C15H15ClN2O3. The molecule has 1 heterocycles. The molecule has 1 aromatic heterocycles. The van der Waals surface area contributed by atoms with Gasteiger partial charge in [-0.2, -0.15) is 0 Å². The monoisotopic (exact) mass is 306 g/mol. The van der Waals surface area contributed by atoms with E-state index in [1.165, 1.54) is 6.08 Å². The van der Waals surface area contributed by atoms with Crippen LogP contribution in [0.15, 0.2) is 48.7 Å². The number of carbonyl (C=O) groups excluding carboxylic acids is 1. The summed E-state index contributed by atoms with van der Waals surface area (Å²) in [6.45, 7) is 1.06. The molecule has 0 aliphatic rings. The van der Waals surface area contributed by atoms with Crippen molar-refractivity contribution in [1.29, 1.82) is 0 Å². The van der Waals surface area contributed by atoms with Crippen molar-refractivity contribution in [2.45, 2.75) is 6.54 Å². The second kappa shape index (κ2) is 7.52. The number of hydrogen-bond acceptors (Lipinski definition) is 3. The Bertz CT molecular complexity index is 637. The van der Waals surface area contributed by atoms with Crippen molar-refractivity contribution in [3.05, 3.63) is 59.4 Å². The van der Waals surface area contributed by atoms with Crippen molar-refractivity contribution in [2.75, 3.05) is 6.61 Å². The van der Waals surface area contributed by atoms with Crippen molar-refractivity contribution >= 4 is 23.6 Å². The number of aromatic nitrogens is 1. The zero-order chi connectivity index (χ0) is 15.1. The Labute approximate surface area is 127 Å². The van der Waals surface area contributed by atoms with Crippen LogP contribution in [0.3, 0.4) is 0 Å². The molecule has 1 amide bonds. The topological polar surface area (TPSA) is 63.5 Å². The fraction of sp³-hybridized carbons (Fsp3) is 0.133. The summed E-state index contributed by atoms with van der Waals surface area (Å²) in [5.41, 5.74) is 2.38. The number of hydrogen-bond donors (Lipinski definition) is 2. The van der Waals surface area contributed by atoms with Crippen LogP contribution in [-0.4, -0.2) is 22.3 Å². The van der Waals surface area contributed by atoms with Crippen LogP contribution in [0.25, 0.3) is 6.08 Å². The smallest absolute Gasteiger partial charge is 0.267 e. The van der Waals surface area contributed by atoms with Gasteiger partial charge in [-0.25, -0.2) is 5.48 Å². The van der Waals surface area contributed by atoms with Gasteiger partial charge < -0.3 is 9.30 Å². The van der Waals surface area contributed by atoms with Gasteiger partial charge in [0.2, 0.25) is 0 Å². The molecule has 2 rings (SSSR count). The van der Waals surface area contributed by atoms with Gasteiger partial charge in [-0.1, -0.05) is 23.7 Å². The van der Waals surface area contributed by atoms with E-state index in [1.807, 2.05) is 41.1 Å². The summed E-state index contributed by atoms with van der Waals surface area (Å²) in [4.78, 5) is 11.0. The first-order valence-corrected chi connectivity index (χ1v) is 6.73. The summed E-state index contributed by atoms with van der Waals surface area (Å²) < 4.78 is 7.54. The predicted molar refractivity (Wildman–Crippen MR) is 80.3 cm³/mol. The maximum absolute atomic E-state index is 11.0. The fourth-order valence-electron chi connectivity index (χ4n) is 1.80. The van der Waals surface area contributed by atoms with Gasteiger partial charge >= 0.3 is 0 Å². The Hall–Kier alpha value is -2.24. The molecule has 0 fully saturated rings. The molecule has 0 aliphatic heterocycles. The highest BCUT2D eigenvalue weighted by Gasteiger charge is 2.02. The van der Waals surface area contributed by atoms with E-state index in [0.29, 0.717) is 23.9 Å². The molecule has 0 aliphatic carbocycles. The van der Waals surface area contributed by atoms with Crippen molar-refractivity contribution in [3.8, 4) is 5.75 Å². The van der Waals surface area contributed by atoms with E-state index in [9.17, 15) is 4.79 Å². The van der Waals surface area contributed by atoms with Crippen LogP contribution >= 0.6 is 11.6 Å². The normalized spacial score (nSPS) is 10.8. The molecule has 110 valence electrons. The molecule has 0 radical (unpaired) electrons. The molecule has 0 bridgehead atoms. The van der Waals surface area contributed by atoms with E-state index in [1.54, 1.807) is 17.6 Å².